The van der Waals surface area contributed by atoms with Crippen molar-refractivity contribution in [1.29, 1.82) is 0 Å². The number of amides is 2. The lowest BCUT2D eigenvalue weighted by Gasteiger charge is -2.10. The van der Waals surface area contributed by atoms with Crippen molar-refractivity contribution in [1.82, 2.24) is 10.3 Å². The number of pyridine rings is 1. The predicted molar refractivity (Wildman–Crippen MR) is 99.5 cm³/mol. The van der Waals surface area contributed by atoms with Gasteiger partial charge in [-0.05, 0) is 32.0 Å². The highest BCUT2D eigenvalue weighted by molar-refractivity contribution is 6.33. The van der Waals surface area contributed by atoms with E-state index in [2.05, 4.69) is 25.1 Å². The molecule has 2 heterocycles. The summed E-state index contributed by atoms with van der Waals surface area (Å²) in [6.07, 6.45) is -2.24. The SMILES string of the molecule is CC.CC(C)NC(=O)Nc1ccc(-c2cc3c(cc2Cl)OC(F)(F)O3)cn1. The predicted octanol–water partition coefficient (Wildman–Crippen LogP) is 5.28. The molecule has 0 atom stereocenters. The third-order valence-corrected chi connectivity index (χ3v) is 3.54. The number of fused-ring (bicyclic) bond motifs is 1. The van der Waals surface area contributed by atoms with Crippen LogP contribution < -0.4 is 20.1 Å². The minimum atomic E-state index is -3.71. The van der Waals surface area contributed by atoms with Crippen LogP contribution in [0.1, 0.15) is 27.7 Å². The quantitative estimate of drug-likeness (QED) is 0.736. The summed E-state index contributed by atoms with van der Waals surface area (Å²) in [5.41, 5.74) is 1.02. The van der Waals surface area contributed by atoms with Crippen LogP contribution in [0.5, 0.6) is 11.5 Å². The fourth-order valence-electron chi connectivity index (χ4n) is 2.23. The van der Waals surface area contributed by atoms with Gasteiger partial charge in [-0.3, -0.25) is 5.32 Å². The van der Waals surface area contributed by atoms with E-state index in [1.165, 1.54) is 18.3 Å². The number of urea groups is 1. The second kappa shape index (κ2) is 8.39. The minimum Gasteiger partial charge on any atom is -0.395 e. The van der Waals surface area contributed by atoms with Crippen LogP contribution in [-0.4, -0.2) is 23.4 Å². The summed E-state index contributed by atoms with van der Waals surface area (Å²) < 4.78 is 35.0. The van der Waals surface area contributed by atoms with E-state index in [0.29, 0.717) is 16.9 Å². The van der Waals surface area contributed by atoms with Crippen molar-refractivity contribution in [2.75, 3.05) is 5.32 Å². The van der Waals surface area contributed by atoms with E-state index in [1.807, 2.05) is 27.7 Å². The molecule has 0 fully saturated rings. The average Bonchev–Trinajstić information content (AvgIpc) is 2.89. The summed E-state index contributed by atoms with van der Waals surface area (Å²) in [6.45, 7) is 7.67. The molecule has 0 saturated heterocycles. The summed E-state index contributed by atoms with van der Waals surface area (Å²) in [5, 5.41) is 5.46. The maximum atomic E-state index is 13.1. The molecule has 2 aromatic rings. The first-order valence-electron chi connectivity index (χ1n) is 8.37. The van der Waals surface area contributed by atoms with Crippen LogP contribution in [0.3, 0.4) is 0 Å². The van der Waals surface area contributed by atoms with Gasteiger partial charge >= 0.3 is 12.3 Å². The second-order valence-corrected chi connectivity index (χ2v) is 6.04. The molecule has 2 N–H and O–H groups in total. The number of carbonyl (C=O) groups is 1. The Bertz CT molecular complexity index is 814. The molecule has 6 nitrogen and oxygen atoms in total. The monoisotopic (exact) mass is 399 g/mol. The standard InChI is InChI=1S/C16H14ClF2N3O3.C2H6/c1-8(2)21-15(23)22-14-4-3-9(7-20-14)10-5-12-13(6-11(10)17)25-16(18,19)24-12;1-2/h3-8H,1-2H3,(H2,20,21,22,23);1-2H3. The normalized spacial score (nSPS) is 13.6. The zero-order valence-corrected chi connectivity index (χ0v) is 16.0. The average molecular weight is 400 g/mol. The van der Waals surface area contributed by atoms with Gasteiger partial charge in [0.25, 0.3) is 0 Å². The lowest BCUT2D eigenvalue weighted by atomic mass is 10.1. The van der Waals surface area contributed by atoms with Gasteiger partial charge in [0.2, 0.25) is 0 Å². The fourth-order valence-corrected chi connectivity index (χ4v) is 2.50. The molecule has 1 aromatic carbocycles. The van der Waals surface area contributed by atoms with Crippen molar-refractivity contribution in [3.8, 4) is 22.6 Å². The van der Waals surface area contributed by atoms with Crippen molar-refractivity contribution in [2.45, 2.75) is 40.0 Å². The molecule has 146 valence electrons. The Labute approximate surface area is 160 Å². The molecule has 0 unspecified atom stereocenters. The Morgan fingerprint density at radius 3 is 2.37 bits per heavy atom. The lowest BCUT2D eigenvalue weighted by Crippen LogP contribution is -2.34. The Morgan fingerprint density at radius 1 is 1.19 bits per heavy atom. The third kappa shape index (κ3) is 5.19. The van der Waals surface area contributed by atoms with Crippen molar-refractivity contribution < 1.29 is 23.0 Å². The summed E-state index contributed by atoms with van der Waals surface area (Å²) in [4.78, 5) is 15.8. The first-order valence-corrected chi connectivity index (χ1v) is 8.74. The summed E-state index contributed by atoms with van der Waals surface area (Å²) in [7, 11) is 0. The number of hydrogen-bond donors (Lipinski definition) is 2. The molecule has 1 aromatic heterocycles. The van der Waals surface area contributed by atoms with E-state index in [9.17, 15) is 13.6 Å². The minimum absolute atomic E-state index is 0.00941. The first-order chi connectivity index (χ1) is 12.7. The van der Waals surface area contributed by atoms with Crippen molar-refractivity contribution >= 4 is 23.4 Å². The van der Waals surface area contributed by atoms with E-state index in [0.717, 1.165) is 0 Å². The number of halogens is 3. The molecular weight excluding hydrogens is 380 g/mol. The summed E-state index contributed by atoms with van der Waals surface area (Å²) >= 11 is 6.13. The Hall–Kier alpha value is -2.61. The number of nitrogens with one attached hydrogen (secondary N) is 2. The molecule has 0 saturated carbocycles. The number of carbonyl (C=O) groups excluding carboxylic acids is 1. The van der Waals surface area contributed by atoms with Crippen LogP contribution in [0.15, 0.2) is 30.5 Å². The highest BCUT2D eigenvalue weighted by Crippen LogP contribution is 2.45. The highest BCUT2D eigenvalue weighted by atomic mass is 35.5. The van der Waals surface area contributed by atoms with Gasteiger partial charge in [0.05, 0.1) is 5.02 Å². The van der Waals surface area contributed by atoms with E-state index >= 15 is 0 Å². The van der Waals surface area contributed by atoms with Gasteiger partial charge in [-0.25, -0.2) is 9.78 Å². The molecule has 0 bridgehead atoms. The lowest BCUT2D eigenvalue weighted by molar-refractivity contribution is -0.286. The number of rotatable bonds is 3. The number of benzene rings is 1. The molecule has 0 radical (unpaired) electrons. The molecule has 1 aliphatic heterocycles. The number of aromatic nitrogens is 1. The number of nitrogens with zero attached hydrogens (tertiary/aromatic N) is 1. The molecule has 1 aliphatic rings. The van der Waals surface area contributed by atoms with Gasteiger partial charge in [-0.15, -0.1) is 8.78 Å². The zero-order valence-electron chi connectivity index (χ0n) is 15.3. The topological polar surface area (TPSA) is 72.5 Å². The molecule has 0 aliphatic carbocycles. The van der Waals surface area contributed by atoms with Gasteiger partial charge in [-0.1, -0.05) is 25.4 Å². The maximum Gasteiger partial charge on any atom is 0.586 e. The Balaban J connectivity index is 0.00000126. The fraction of sp³-hybridized carbons (Fsp3) is 0.333. The van der Waals surface area contributed by atoms with E-state index in [-0.39, 0.29) is 28.6 Å². The Morgan fingerprint density at radius 2 is 1.81 bits per heavy atom. The largest absolute Gasteiger partial charge is 0.586 e. The molecule has 27 heavy (non-hydrogen) atoms. The number of alkyl halides is 2. The van der Waals surface area contributed by atoms with Crippen LogP contribution in [-0.2, 0) is 0 Å². The molecular formula is C18H20ClF2N3O3. The van der Waals surface area contributed by atoms with Gasteiger partial charge in [0.15, 0.2) is 11.5 Å². The summed E-state index contributed by atoms with van der Waals surface area (Å²) in [6, 6.07) is 5.46. The summed E-state index contributed by atoms with van der Waals surface area (Å²) in [5.74, 6) is 0.101. The van der Waals surface area contributed by atoms with Gasteiger partial charge in [-0.2, -0.15) is 0 Å². The first kappa shape index (κ1) is 20.7. The zero-order chi connectivity index (χ0) is 20.2. The molecule has 2 amide bonds. The second-order valence-electron chi connectivity index (χ2n) is 5.63. The molecule has 9 heteroatoms. The van der Waals surface area contributed by atoms with E-state index in [1.54, 1.807) is 12.1 Å². The van der Waals surface area contributed by atoms with Crippen LogP contribution in [0.4, 0.5) is 19.4 Å². The van der Waals surface area contributed by atoms with Gasteiger partial charge in [0, 0.05) is 29.4 Å². The van der Waals surface area contributed by atoms with Crippen LogP contribution in [0, 0.1) is 0 Å². The van der Waals surface area contributed by atoms with Crippen molar-refractivity contribution in [2.24, 2.45) is 0 Å². The molecule has 0 spiro atoms. The van der Waals surface area contributed by atoms with Crippen LogP contribution >= 0.6 is 11.6 Å². The molecule has 3 rings (SSSR count). The maximum absolute atomic E-state index is 13.1. The smallest absolute Gasteiger partial charge is 0.395 e. The number of ether oxygens (including phenoxy) is 2. The third-order valence-electron chi connectivity index (χ3n) is 3.23. The number of anilines is 1. The van der Waals surface area contributed by atoms with Crippen molar-refractivity contribution in [3.05, 3.63) is 35.5 Å². The van der Waals surface area contributed by atoms with E-state index in [4.69, 9.17) is 11.6 Å². The van der Waals surface area contributed by atoms with E-state index < -0.39 is 6.29 Å². The van der Waals surface area contributed by atoms with Crippen LogP contribution in [0.25, 0.3) is 11.1 Å². The number of hydrogen-bond acceptors (Lipinski definition) is 4. The van der Waals surface area contributed by atoms with Gasteiger partial charge < -0.3 is 14.8 Å². The van der Waals surface area contributed by atoms with Gasteiger partial charge in [0.1, 0.15) is 5.82 Å². The Kier molecular flexibility index (Phi) is 6.43. The van der Waals surface area contributed by atoms with Crippen LogP contribution in [0.2, 0.25) is 5.02 Å². The van der Waals surface area contributed by atoms with Crippen molar-refractivity contribution in [3.63, 3.8) is 0 Å². The highest BCUT2D eigenvalue weighted by Gasteiger charge is 2.43.